The van der Waals surface area contributed by atoms with Crippen LogP contribution in [-0.4, -0.2) is 33.8 Å². The number of ether oxygens (including phenoxy) is 3. The van der Waals surface area contributed by atoms with Crippen molar-refractivity contribution >= 4 is 0 Å². The van der Waals surface area contributed by atoms with Gasteiger partial charge < -0.3 is 19.9 Å². The largest absolute Gasteiger partial charge is 0.331 e. The standard InChI is InChI=1S/C19H41NO3/c1-5-6-7-8-9-12-15-18(16-13-10-11-14-17-20)19(21-2,22-3)23-4/h18H,5-17,20H2,1-4H3. The molecule has 0 heterocycles. The first-order valence-electron chi connectivity index (χ1n) is 9.56. The Morgan fingerprint density at radius 1 is 0.696 bits per heavy atom. The van der Waals surface area contributed by atoms with E-state index in [1.807, 2.05) is 0 Å². The molecule has 0 amide bonds. The summed E-state index contributed by atoms with van der Waals surface area (Å²) in [4.78, 5) is 0. The topological polar surface area (TPSA) is 53.7 Å². The monoisotopic (exact) mass is 331 g/mol. The summed E-state index contributed by atoms with van der Waals surface area (Å²) in [6.07, 6.45) is 14.7. The zero-order chi connectivity index (χ0) is 17.4. The second-order valence-corrected chi connectivity index (χ2v) is 6.46. The molecule has 1 atom stereocenters. The minimum atomic E-state index is -0.892. The van der Waals surface area contributed by atoms with Crippen LogP contribution < -0.4 is 5.73 Å². The Morgan fingerprint density at radius 2 is 1.13 bits per heavy atom. The average molecular weight is 332 g/mol. The predicted octanol–water partition coefficient (Wildman–Crippen LogP) is 4.86. The molecule has 0 rings (SSSR count). The number of unbranched alkanes of at least 4 members (excludes halogenated alkanes) is 8. The number of rotatable bonds is 17. The van der Waals surface area contributed by atoms with E-state index in [0.717, 1.165) is 25.8 Å². The molecule has 0 aliphatic carbocycles. The van der Waals surface area contributed by atoms with Crippen molar-refractivity contribution < 1.29 is 14.2 Å². The van der Waals surface area contributed by atoms with E-state index in [4.69, 9.17) is 19.9 Å². The van der Waals surface area contributed by atoms with Crippen molar-refractivity contribution in [2.45, 2.75) is 89.9 Å². The molecule has 0 saturated heterocycles. The second kappa shape index (κ2) is 15.4. The first-order chi connectivity index (χ1) is 11.2. The van der Waals surface area contributed by atoms with Gasteiger partial charge in [0.1, 0.15) is 0 Å². The minimum absolute atomic E-state index is 0.284. The highest BCUT2D eigenvalue weighted by Crippen LogP contribution is 2.32. The van der Waals surface area contributed by atoms with Crippen molar-refractivity contribution in [3.05, 3.63) is 0 Å². The van der Waals surface area contributed by atoms with Crippen LogP contribution in [0.25, 0.3) is 0 Å². The van der Waals surface area contributed by atoms with Crippen LogP contribution in [0.3, 0.4) is 0 Å². The molecule has 1 unspecified atom stereocenters. The van der Waals surface area contributed by atoms with Crippen LogP contribution in [0.1, 0.15) is 84.0 Å². The van der Waals surface area contributed by atoms with Crippen LogP contribution >= 0.6 is 0 Å². The summed E-state index contributed by atoms with van der Waals surface area (Å²) < 4.78 is 16.8. The van der Waals surface area contributed by atoms with Gasteiger partial charge in [-0.05, 0) is 25.8 Å². The number of nitrogens with two attached hydrogens (primary N) is 1. The molecule has 0 saturated carbocycles. The predicted molar refractivity (Wildman–Crippen MR) is 97.4 cm³/mol. The van der Waals surface area contributed by atoms with Crippen molar-refractivity contribution in [3.8, 4) is 0 Å². The van der Waals surface area contributed by atoms with Crippen molar-refractivity contribution in [2.24, 2.45) is 11.7 Å². The molecule has 140 valence electrons. The van der Waals surface area contributed by atoms with E-state index < -0.39 is 5.97 Å². The first-order valence-corrected chi connectivity index (χ1v) is 9.56. The lowest BCUT2D eigenvalue weighted by atomic mass is 9.91. The van der Waals surface area contributed by atoms with Crippen LogP contribution in [-0.2, 0) is 14.2 Å². The van der Waals surface area contributed by atoms with Crippen LogP contribution in [0.2, 0.25) is 0 Å². The average Bonchev–Trinajstić information content (AvgIpc) is 2.58. The summed E-state index contributed by atoms with van der Waals surface area (Å²) >= 11 is 0. The maximum atomic E-state index is 5.61. The van der Waals surface area contributed by atoms with Gasteiger partial charge in [-0.2, -0.15) is 0 Å². The highest BCUT2D eigenvalue weighted by molar-refractivity contribution is 4.71. The molecule has 0 fully saturated rings. The van der Waals surface area contributed by atoms with E-state index in [1.54, 1.807) is 21.3 Å². The Balaban J connectivity index is 4.31. The fourth-order valence-electron chi connectivity index (χ4n) is 3.31. The molecule has 0 spiro atoms. The van der Waals surface area contributed by atoms with Gasteiger partial charge >= 0.3 is 0 Å². The van der Waals surface area contributed by atoms with Crippen LogP contribution in [0.5, 0.6) is 0 Å². The molecule has 23 heavy (non-hydrogen) atoms. The van der Waals surface area contributed by atoms with Crippen molar-refractivity contribution in [2.75, 3.05) is 27.9 Å². The third-order valence-corrected chi connectivity index (χ3v) is 4.77. The smallest absolute Gasteiger partial charge is 0.285 e. The van der Waals surface area contributed by atoms with Crippen LogP contribution in [0, 0.1) is 5.92 Å². The molecular weight excluding hydrogens is 290 g/mol. The molecule has 0 aliphatic rings. The summed E-state index contributed by atoms with van der Waals surface area (Å²) in [7, 11) is 5.03. The van der Waals surface area contributed by atoms with Crippen LogP contribution in [0.4, 0.5) is 0 Å². The van der Waals surface area contributed by atoms with Gasteiger partial charge in [-0.15, -0.1) is 0 Å². The normalized spacial score (nSPS) is 13.4. The van der Waals surface area contributed by atoms with Gasteiger partial charge in [-0.3, -0.25) is 0 Å². The fourth-order valence-corrected chi connectivity index (χ4v) is 3.31. The van der Waals surface area contributed by atoms with E-state index in [1.165, 1.54) is 57.8 Å². The Morgan fingerprint density at radius 3 is 1.57 bits per heavy atom. The zero-order valence-electron chi connectivity index (χ0n) is 16.1. The van der Waals surface area contributed by atoms with Gasteiger partial charge in [0, 0.05) is 27.2 Å². The number of hydrogen-bond donors (Lipinski definition) is 1. The van der Waals surface area contributed by atoms with Gasteiger partial charge in [0.05, 0.1) is 0 Å². The van der Waals surface area contributed by atoms with E-state index >= 15 is 0 Å². The molecule has 0 aromatic heterocycles. The number of methoxy groups -OCH3 is 3. The quantitative estimate of drug-likeness (QED) is 0.305. The highest BCUT2D eigenvalue weighted by atomic mass is 16.9. The lowest BCUT2D eigenvalue weighted by Crippen LogP contribution is -2.44. The van der Waals surface area contributed by atoms with Gasteiger partial charge in [0.25, 0.3) is 5.97 Å². The van der Waals surface area contributed by atoms with Crippen molar-refractivity contribution in [1.29, 1.82) is 0 Å². The zero-order valence-corrected chi connectivity index (χ0v) is 16.1. The fraction of sp³-hybridized carbons (Fsp3) is 1.00. The van der Waals surface area contributed by atoms with Gasteiger partial charge in [0.15, 0.2) is 0 Å². The molecule has 0 bridgehead atoms. The maximum absolute atomic E-state index is 5.61. The Hall–Kier alpha value is -0.160. The van der Waals surface area contributed by atoms with E-state index in [0.29, 0.717) is 0 Å². The van der Waals surface area contributed by atoms with Gasteiger partial charge in [-0.25, -0.2) is 0 Å². The summed E-state index contributed by atoms with van der Waals surface area (Å²) in [5, 5.41) is 0. The lowest BCUT2D eigenvalue weighted by Gasteiger charge is -2.36. The van der Waals surface area contributed by atoms with Crippen LogP contribution in [0.15, 0.2) is 0 Å². The molecule has 4 nitrogen and oxygen atoms in total. The van der Waals surface area contributed by atoms with Crippen molar-refractivity contribution in [1.82, 2.24) is 0 Å². The first kappa shape index (κ1) is 22.8. The summed E-state index contributed by atoms with van der Waals surface area (Å²) in [5.41, 5.74) is 5.56. The Kier molecular flexibility index (Phi) is 15.3. The second-order valence-electron chi connectivity index (χ2n) is 6.46. The molecule has 2 N–H and O–H groups in total. The minimum Gasteiger partial charge on any atom is -0.331 e. The Bertz CT molecular complexity index is 237. The molecule has 0 aliphatic heterocycles. The summed E-state index contributed by atoms with van der Waals surface area (Å²) in [6.45, 7) is 3.05. The maximum Gasteiger partial charge on any atom is 0.285 e. The van der Waals surface area contributed by atoms with E-state index in [9.17, 15) is 0 Å². The summed E-state index contributed by atoms with van der Waals surface area (Å²) in [5.74, 6) is -0.608. The molecule has 4 heteroatoms. The third-order valence-electron chi connectivity index (χ3n) is 4.77. The van der Waals surface area contributed by atoms with E-state index in [2.05, 4.69) is 6.92 Å². The van der Waals surface area contributed by atoms with Gasteiger partial charge in [0.2, 0.25) is 0 Å². The molecule has 0 radical (unpaired) electrons. The van der Waals surface area contributed by atoms with E-state index in [-0.39, 0.29) is 5.92 Å². The van der Waals surface area contributed by atoms with Crippen molar-refractivity contribution in [3.63, 3.8) is 0 Å². The Labute approximate surface area is 144 Å². The SMILES string of the molecule is CCCCCCCCC(CCCCCCN)C(OC)(OC)OC. The molecule has 0 aromatic rings. The number of hydrogen-bond acceptors (Lipinski definition) is 4. The third kappa shape index (κ3) is 9.65. The summed E-state index contributed by atoms with van der Waals surface area (Å²) in [6, 6.07) is 0. The molecular formula is C19H41NO3. The highest BCUT2D eigenvalue weighted by Gasteiger charge is 2.39. The lowest BCUT2D eigenvalue weighted by molar-refractivity contribution is -0.380. The molecule has 0 aromatic carbocycles. The van der Waals surface area contributed by atoms with Gasteiger partial charge in [-0.1, -0.05) is 64.7 Å².